The predicted octanol–water partition coefficient (Wildman–Crippen LogP) is 5.66. The molecular weight excluding hydrogens is 802 g/mol. The van der Waals surface area contributed by atoms with Gasteiger partial charge in [0.05, 0.1) is 6.61 Å². The van der Waals surface area contributed by atoms with Crippen molar-refractivity contribution in [2.24, 2.45) is 0 Å². The molecule has 1 rings (SSSR count). The molecule has 15 heteroatoms. The van der Waals surface area contributed by atoms with Gasteiger partial charge in [0.25, 0.3) is 7.82 Å². The van der Waals surface area contributed by atoms with Gasteiger partial charge in [-0.15, -0.1) is 0 Å². The number of rotatable bonds is 40. The molecule has 1 fully saturated rings. The number of unbranched alkanes of at least 4 members (excludes halogenated alkanes) is 28. The summed E-state index contributed by atoms with van der Waals surface area (Å²) in [5, 5.41) is 50.0. The molecule has 13 nitrogen and oxygen atoms in total. The molecule has 0 bridgehead atoms. The van der Waals surface area contributed by atoms with E-state index in [1.54, 1.807) is 0 Å². The van der Waals surface area contributed by atoms with Crippen molar-refractivity contribution in [3.63, 3.8) is 0 Å². The molecule has 8 atom stereocenters. The van der Waals surface area contributed by atoms with Crippen LogP contribution in [-0.2, 0) is 32.7 Å². The van der Waals surface area contributed by atoms with Crippen LogP contribution in [0.15, 0.2) is 0 Å². The number of aliphatic hydroxyl groups is 5. The van der Waals surface area contributed by atoms with E-state index in [0.717, 1.165) is 44.9 Å². The second-order valence-corrected chi connectivity index (χ2v) is 18.3. The third-order valence-corrected chi connectivity index (χ3v) is 12.4. The second-order valence-electron chi connectivity index (χ2n) is 17.0. The Morgan fingerprint density at radius 2 is 0.783 bits per heavy atom. The molecule has 0 saturated heterocycles. The van der Waals surface area contributed by atoms with Crippen molar-refractivity contribution in [1.82, 2.24) is 0 Å². The van der Waals surface area contributed by atoms with Gasteiger partial charge in [0, 0.05) is 12.8 Å². The van der Waals surface area contributed by atoms with Crippen LogP contribution in [0.3, 0.4) is 0 Å². The maximum atomic E-state index is 12.7. The molecule has 1 aliphatic carbocycles. The van der Waals surface area contributed by atoms with Gasteiger partial charge in [0.1, 0.15) is 43.2 Å². The quantitative estimate of drug-likeness (QED) is 0.0218. The van der Waals surface area contributed by atoms with E-state index in [-0.39, 0.29) is 42.4 Å². The van der Waals surface area contributed by atoms with Gasteiger partial charge in [0.2, 0.25) is 0 Å². The number of esters is 2. The average molecular weight is 889 g/mol. The number of carbonyl (C=O) groups is 2. The Labute approximate surface area is 385 Å². The monoisotopic (exact) mass is 889 g/mol. The Bertz CT molecular complexity index is 1060. The van der Waals surface area contributed by atoms with Crippen molar-refractivity contribution in [3.05, 3.63) is 0 Å². The topological polar surface area (TPSA) is 212 Å². The van der Waals surface area contributed by atoms with Crippen molar-refractivity contribution in [2.45, 2.75) is 262 Å². The summed E-state index contributed by atoms with van der Waals surface area (Å²) in [5.41, 5.74) is 0. The summed E-state index contributed by atoms with van der Waals surface area (Å²) < 4.78 is 33.2. The predicted molar refractivity (Wildman–Crippen MR) is 228 cm³/mol. The van der Waals surface area contributed by atoms with Crippen LogP contribution in [0.2, 0.25) is 0 Å². The number of aliphatic hydroxyl groups excluding tert-OH is 5. The van der Waals surface area contributed by atoms with Gasteiger partial charge in [-0.2, -0.15) is 0 Å². The zero-order valence-corrected chi connectivity index (χ0v) is 40.9. The summed E-state index contributed by atoms with van der Waals surface area (Å²) in [6, 6.07) is 0. The van der Waals surface area contributed by atoms with Crippen molar-refractivity contribution in [3.8, 4) is 0 Å². The Kier molecular flexibility index (Phi) is 39.1. The van der Waals surface area contributed by atoms with Gasteiger partial charge < -0.3 is 48.9 Å². The molecule has 0 heterocycles. The maximum Gasteiger partial charge on any atom is 1.00 e. The van der Waals surface area contributed by atoms with Gasteiger partial charge in [0.15, 0.2) is 6.10 Å². The standard InChI is InChI=1S/C45H87O13P.Na/c1-3-5-7-9-11-13-15-17-19-21-23-25-27-29-31-33-38(46)55-35-37(36-56-59(53,54)58-45-43(51)41(49)40(48)42(50)44(45)52)57-39(47)34-32-30-28-26-24-22-20-18-16-14-12-10-8-6-4-2;/h37,40-45,48-52H,3-36H2,1-2H3,(H,53,54);/q;+1/p-1/t37-,40?,41-,42+,43-,44-,45?;/m1./s1. The minimum Gasteiger partial charge on any atom is -0.756 e. The first-order valence-electron chi connectivity index (χ1n) is 23.8. The van der Waals surface area contributed by atoms with Crippen LogP contribution in [0, 0.1) is 0 Å². The molecule has 0 aliphatic heterocycles. The minimum absolute atomic E-state index is 0. The van der Waals surface area contributed by atoms with E-state index in [1.165, 1.54) is 135 Å². The third kappa shape index (κ3) is 30.8. The van der Waals surface area contributed by atoms with Crippen LogP contribution in [0.25, 0.3) is 0 Å². The molecule has 0 aromatic rings. The molecule has 0 aromatic carbocycles. The molecule has 60 heavy (non-hydrogen) atoms. The summed E-state index contributed by atoms with van der Waals surface area (Å²) in [7, 11) is -5.36. The fourth-order valence-corrected chi connectivity index (χ4v) is 8.53. The first-order chi connectivity index (χ1) is 28.4. The van der Waals surface area contributed by atoms with E-state index < -0.39 is 75.7 Å². The van der Waals surface area contributed by atoms with Crippen LogP contribution >= 0.6 is 7.82 Å². The molecule has 5 N–H and O–H groups in total. The molecule has 0 aromatic heterocycles. The van der Waals surface area contributed by atoms with Crippen LogP contribution in [-0.4, -0.2) is 93.4 Å². The number of hydrogen-bond acceptors (Lipinski definition) is 13. The van der Waals surface area contributed by atoms with Crippen LogP contribution in [0.5, 0.6) is 0 Å². The molecule has 0 spiro atoms. The average Bonchev–Trinajstić information content (AvgIpc) is 3.21. The molecule has 0 radical (unpaired) electrons. The number of phosphoric acid groups is 1. The zero-order valence-electron chi connectivity index (χ0n) is 38.0. The summed E-state index contributed by atoms with van der Waals surface area (Å²) >= 11 is 0. The smallest absolute Gasteiger partial charge is 0.756 e. The van der Waals surface area contributed by atoms with Gasteiger partial charge in [-0.25, -0.2) is 0 Å². The SMILES string of the molecule is CCCCCCCCCCCCCCCCCC(=O)OC[C@H](COP(=O)([O-])OC1[C@H](O)[C@H](O)C(O)[C@H](O)[C@H]1O)OC(=O)CCCCCCCCCCCCCCCCC.[Na+]. The number of hydrogen-bond donors (Lipinski definition) is 5. The second kappa shape index (κ2) is 39.2. The number of carbonyl (C=O) groups excluding carboxylic acids is 2. The Morgan fingerprint density at radius 3 is 1.13 bits per heavy atom. The van der Waals surface area contributed by atoms with E-state index in [2.05, 4.69) is 13.8 Å². The summed E-state index contributed by atoms with van der Waals surface area (Å²) in [6.07, 6.45) is 22.5. The first kappa shape index (κ1) is 59.9. The Balaban J connectivity index is 0.0000348. The summed E-state index contributed by atoms with van der Waals surface area (Å²) in [4.78, 5) is 38.0. The van der Waals surface area contributed by atoms with E-state index in [9.17, 15) is 44.6 Å². The van der Waals surface area contributed by atoms with Crippen molar-refractivity contribution in [2.75, 3.05) is 13.2 Å². The fourth-order valence-electron chi connectivity index (χ4n) is 7.58. The minimum atomic E-state index is -5.36. The van der Waals surface area contributed by atoms with Gasteiger partial charge in [-0.05, 0) is 12.8 Å². The van der Waals surface area contributed by atoms with Crippen molar-refractivity contribution in [1.29, 1.82) is 0 Å². The van der Waals surface area contributed by atoms with Crippen LogP contribution in [0.4, 0.5) is 0 Å². The van der Waals surface area contributed by atoms with Crippen molar-refractivity contribution >= 4 is 19.8 Å². The molecule has 0 amide bonds. The molecule has 1 saturated carbocycles. The van der Waals surface area contributed by atoms with Gasteiger partial charge >= 0.3 is 41.5 Å². The van der Waals surface area contributed by atoms with E-state index >= 15 is 0 Å². The van der Waals surface area contributed by atoms with E-state index in [0.29, 0.717) is 12.8 Å². The van der Waals surface area contributed by atoms with Crippen molar-refractivity contribution < 1.29 is 92.7 Å². The number of phosphoric ester groups is 1. The molecule has 1 aliphatic rings. The van der Waals surface area contributed by atoms with Crippen LogP contribution in [0.1, 0.15) is 219 Å². The zero-order chi connectivity index (χ0) is 43.6. The van der Waals surface area contributed by atoms with Gasteiger partial charge in [-0.1, -0.05) is 194 Å². The summed E-state index contributed by atoms with van der Waals surface area (Å²) in [5.74, 6) is -1.12. The largest absolute Gasteiger partial charge is 1.00 e. The fraction of sp³-hybridized carbons (Fsp3) is 0.956. The third-order valence-electron chi connectivity index (χ3n) is 11.4. The van der Waals surface area contributed by atoms with Crippen LogP contribution < -0.4 is 34.5 Å². The molecule has 350 valence electrons. The van der Waals surface area contributed by atoms with E-state index in [1.807, 2.05) is 0 Å². The first-order valence-corrected chi connectivity index (χ1v) is 25.3. The normalized spacial score (nSPS) is 21.9. The molecular formula is C45H86NaO13P. The Hall–Kier alpha value is -0.150. The number of ether oxygens (including phenoxy) is 2. The van der Waals surface area contributed by atoms with Gasteiger partial charge in [-0.3, -0.25) is 14.2 Å². The Morgan fingerprint density at radius 1 is 0.483 bits per heavy atom. The van der Waals surface area contributed by atoms with E-state index in [4.69, 9.17) is 18.5 Å². The maximum absolute atomic E-state index is 12.7. The summed E-state index contributed by atoms with van der Waals surface area (Å²) in [6.45, 7) is 3.23. The molecule has 3 unspecified atom stereocenters.